The van der Waals surface area contributed by atoms with E-state index in [1.54, 1.807) is 23.7 Å². The van der Waals surface area contributed by atoms with Crippen molar-refractivity contribution in [2.24, 2.45) is 0 Å². The average molecular weight is 544 g/mol. The second kappa shape index (κ2) is 11.9. The van der Waals surface area contributed by atoms with E-state index >= 15 is 0 Å². The Kier molecular flexibility index (Phi) is 8.42. The summed E-state index contributed by atoms with van der Waals surface area (Å²) in [5, 5.41) is 15.9. The normalized spacial score (nSPS) is 14.0. The predicted molar refractivity (Wildman–Crippen MR) is 134 cm³/mol. The molecular formula is C26H24F3N5O5. The van der Waals surface area contributed by atoms with Gasteiger partial charge in [0.05, 0.1) is 0 Å². The molecule has 0 bridgehead atoms. The summed E-state index contributed by atoms with van der Waals surface area (Å²) in [5.41, 5.74) is 6.45. The number of anilines is 1. The summed E-state index contributed by atoms with van der Waals surface area (Å²) in [4.78, 5) is 33.9. The van der Waals surface area contributed by atoms with Gasteiger partial charge in [0.25, 0.3) is 5.91 Å². The summed E-state index contributed by atoms with van der Waals surface area (Å²) in [6.07, 6.45) is -1.41. The molecule has 1 saturated heterocycles. The number of nitrogens with zero attached hydrogens (tertiary/aromatic N) is 4. The van der Waals surface area contributed by atoms with E-state index in [-0.39, 0.29) is 0 Å². The summed E-state index contributed by atoms with van der Waals surface area (Å²) in [6.45, 7) is 4.93. The molecule has 0 unspecified atom stereocenters. The zero-order valence-corrected chi connectivity index (χ0v) is 20.4. The molecule has 2 aromatic carbocycles. The number of hydroxylamine groups is 1. The van der Waals surface area contributed by atoms with E-state index in [4.69, 9.17) is 19.5 Å². The van der Waals surface area contributed by atoms with Crippen LogP contribution in [0, 0.1) is 0 Å². The highest BCUT2D eigenvalue weighted by molar-refractivity contribution is 5.96. The van der Waals surface area contributed by atoms with Crippen LogP contribution < -0.4 is 10.4 Å². The minimum Gasteiger partial charge on any atom is -0.475 e. The molecule has 1 amide bonds. The van der Waals surface area contributed by atoms with Crippen molar-refractivity contribution >= 4 is 28.7 Å². The summed E-state index contributed by atoms with van der Waals surface area (Å²) in [7, 11) is 0. The van der Waals surface area contributed by atoms with Crippen LogP contribution in [0.15, 0.2) is 71.4 Å². The van der Waals surface area contributed by atoms with Gasteiger partial charge in [0.2, 0.25) is 5.89 Å². The van der Waals surface area contributed by atoms with Crippen molar-refractivity contribution in [2.45, 2.75) is 12.7 Å². The zero-order chi connectivity index (χ0) is 28.0. The Morgan fingerprint density at radius 1 is 0.974 bits per heavy atom. The molecular weight excluding hydrogens is 519 g/mol. The zero-order valence-electron chi connectivity index (χ0n) is 20.4. The van der Waals surface area contributed by atoms with Gasteiger partial charge in [-0.1, -0.05) is 12.1 Å². The number of benzene rings is 2. The number of carbonyl (C=O) groups is 2. The maximum atomic E-state index is 11.6. The molecule has 2 aromatic heterocycles. The second-order valence-electron chi connectivity index (χ2n) is 8.61. The van der Waals surface area contributed by atoms with E-state index < -0.39 is 18.1 Å². The van der Waals surface area contributed by atoms with Gasteiger partial charge >= 0.3 is 12.1 Å². The van der Waals surface area contributed by atoms with Crippen molar-refractivity contribution in [1.82, 2.24) is 20.3 Å². The molecule has 5 rings (SSSR count). The van der Waals surface area contributed by atoms with Crippen molar-refractivity contribution in [1.29, 1.82) is 0 Å². The standard InChI is InChI=1S/C24H23N5O3.C2HF3O2/c30-23(27-31)19-5-6-22-21(15-19)26-24(32-22)18-3-1-17(2-4-18)16-28-11-13-29(14-12-28)20-7-9-25-10-8-20;3-2(4,5)1(6)7/h1-10,15,31H,11-14,16H2,(H,27,30);(H,6,7). The highest BCUT2D eigenvalue weighted by atomic mass is 19.4. The van der Waals surface area contributed by atoms with Gasteiger partial charge in [-0.3, -0.25) is 19.9 Å². The lowest BCUT2D eigenvalue weighted by Gasteiger charge is -2.36. The van der Waals surface area contributed by atoms with Gasteiger partial charge in [0, 0.05) is 61.9 Å². The second-order valence-corrected chi connectivity index (χ2v) is 8.61. The summed E-state index contributed by atoms with van der Waals surface area (Å²) < 4.78 is 37.6. The van der Waals surface area contributed by atoms with Gasteiger partial charge in [0.1, 0.15) is 5.52 Å². The smallest absolute Gasteiger partial charge is 0.475 e. The molecule has 4 aromatic rings. The fourth-order valence-corrected chi connectivity index (χ4v) is 3.99. The number of carboxylic acids is 1. The molecule has 39 heavy (non-hydrogen) atoms. The van der Waals surface area contributed by atoms with E-state index in [1.807, 2.05) is 24.5 Å². The molecule has 10 nitrogen and oxygen atoms in total. The van der Waals surface area contributed by atoms with Gasteiger partial charge in [0.15, 0.2) is 5.58 Å². The number of oxazole rings is 1. The first-order chi connectivity index (χ1) is 18.6. The fraction of sp³-hybridized carbons (Fsp3) is 0.231. The molecule has 3 heterocycles. The van der Waals surface area contributed by atoms with Crippen molar-refractivity contribution in [2.75, 3.05) is 31.1 Å². The highest BCUT2D eigenvalue weighted by Gasteiger charge is 2.38. The largest absolute Gasteiger partial charge is 0.490 e. The molecule has 204 valence electrons. The number of nitrogens with one attached hydrogen (secondary N) is 1. The van der Waals surface area contributed by atoms with Crippen molar-refractivity contribution in [3.8, 4) is 11.5 Å². The Morgan fingerprint density at radius 3 is 2.21 bits per heavy atom. The molecule has 0 saturated carbocycles. The highest BCUT2D eigenvalue weighted by Crippen LogP contribution is 2.26. The number of piperazine rings is 1. The Balaban J connectivity index is 0.000000448. The molecule has 1 aliphatic rings. The Hall–Kier alpha value is -4.49. The third-order valence-corrected chi connectivity index (χ3v) is 6.00. The quantitative estimate of drug-likeness (QED) is 0.253. The number of aliphatic carboxylic acids is 1. The molecule has 1 aliphatic heterocycles. The lowest BCUT2D eigenvalue weighted by atomic mass is 10.1. The van der Waals surface area contributed by atoms with Crippen LogP contribution in [0.5, 0.6) is 0 Å². The number of hydrogen-bond acceptors (Lipinski definition) is 8. The number of hydrogen-bond donors (Lipinski definition) is 3. The van der Waals surface area contributed by atoms with Gasteiger partial charge in [-0.15, -0.1) is 0 Å². The lowest BCUT2D eigenvalue weighted by molar-refractivity contribution is -0.192. The minimum absolute atomic E-state index is 0.319. The van der Waals surface area contributed by atoms with Crippen LogP contribution in [0.25, 0.3) is 22.6 Å². The van der Waals surface area contributed by atoms with E-state index in [0.717, 1.165) is 38.3 Å². The van der Waals surface area contributed by atoms with Crippen molar-refractivity contribution < 1.29 is 37.5 Å². The SMILES string of the molecule is O=C(NO)c1ccc2oc(-c3ccc(CN4CCN(c5ccncc5)CC4)cc3)nc2c1.O=C(O)C(F)(F)F. The first-order valence-corrected chi connectivity index (χ1v) is 11.8. The van der Waals surface area contributed by atoms with Crippen molar-refractivity contribution in [3.05, 3.63) is 78.1 Å². The Bertz CT molecular complexity index is 1420. The van der Waals surface area contributed by atoms with Crippen LogP contribution in [-0.4, -0.2) is 69.4 Å². The number of carboxylic acid groups (broad SMARTS) is 1. The molecule has 3 N–H and O–H groups in total. The van der Waals surface area contributed by atoms with Crippen LogP contribution in [0.1, 0.15) is 15.9 Å². The Labute approximate surface area is 220 Å². The maximum absolute atomic E-state index is 11.6. The number of rotatable bonds is 5. The molecule has 0 aliphatic carbocycles. The first-order valence-electron chi connectivity index (χ1n) is 11.8. The number of halogens is 3. The molecule has 0 atom stereocenters. The predicted octanol–water partition coefficient (Wildman–Crippen LogP) is 3.96. The van der Waals surface area contributed by atoms with Crippen molar-refractivity contribution in [3.63, 3.8) is 0 Å². The van der Waals surface area contributed by atoms with Crippen LogP contribution in [-0.2, 0) is 11.3 Å². The van der Waals surface area contributed by atoms with Gasteiger partial charge in [-0.25, -0.2) is 15.3 Å². The number of aromatic nitrogens is 2. The van der Waals surface area contributed by atoms with Gasteiger partial charge < -0.3 is 14.4 Å². The summed E-state index contributed by atoms with van der Waals surface area (Å²) in [5.74, 6) is -2.84. The number of carbonyl (C=O) groups excluding carboxylic acids is 1. The van der Waals surface area contributed by atoms with Crippen LogP contribution in [0.2, 0.25) is 0 Å². The summed E-state index contributed by atoms with van der Waals surface area (Å²) in [6, 6.07) is 17.2. The topological polar surface area (TPSA) is 132 Å². The van der Waals surface area contributed by atoms with Gasteiger partial charge in [-0.2, -0.15) is 13.2 Å². The Morgan fingerprint density at radius 2 is 1.62 bits per heavy atom. The van der Waals surface area contributed by atoms with E-state index in [9.17, 15) is 18.0 Å². The average Bonchev–Trinajstić information content (AvgIpc) is 3.37. The van der Waals surface area contributed by atoms with E-state index in [1.165, 1.54) is 11.3 Å². The fourth-order valence-electron chi connectivity index (χ4n) is 3.99. The van der Waals surface area contributed by atoms with E-state index in [2.05, 4.69) is 44.0 Å². The number of fused-ring (bicyclic) bond motifs is 1. The molecule has 0 radical (unpaired) electrons. The first kappa shape index (κ1) is 27.5. The van der Waals surface area contributed by atoms with Crippen LogP contribution in [0.3, 0.4) is 0 Å². The van der Waals surface area contributed by atoms with Crippen LogP contribution >= 0.6 is 0 Å². The molecule has 1 fully saturated rings. The number of amides is 1. The summed E-state index contributed by atoms with van der Waals surface area (Å²) >= 11 is 0. The third-order valence-electron chi connectivity index (χ3n) is 6.00. The molecule has 0 spiro atoms. The monoisotopic (exact) mass is 543 g/mol. The van der Waals surface area contributed by atoms with Gasteiger partial charge in [-0.05, 0) is 48.0 Å². The van der Waals surface area contributed by atoms with E-state index in [0.29, 0.717) is 22.6 Å². The lowest BCUT2D eigenvalue weighted by Crippen LogP contribution is -2.45. The number of alkyl halides is 3. The minimum atomic E-state index is -5.08. The third kappa shape index (κ3) is 7.09. The molecule has 13 heteroatoms. The number of pyridine rings is 1. The van der Waals surface area contributed by atoms with Crippen LogP contribution in [0.4, 0.5) is 18.9 Å². The maximum Gasteiger partial charge on any atom is 0.490 e.